The molecule has 0 saturated carbocycles. The first-order valence-electron chi connectivity index (χ1n) is 6.35. The van der Waals surface area contributed by atoms with Crippen molar-refractivity contribution in [2.45, 2.75) is 47.1 Å². The average Bonchev–Trinajstić information content (AvgIpc) is 2.28. The van der Waals surface area contributed by atoms with Gasteiger partial charge in [-0.15, -0.1) is 0 Å². The summed E-state index contributed by atoms with van der Waals surface area (Å²) in [5.41, 5.74) is 0. The number of rotatable bonds is 6. The molecule has 0 amide bonds. The second-order valence-electron chi connectivity index (χ2n) is 4.46. The molecule has 1 unspecified atom stereocenters. The van der Waals surface area contributed by atoms with E-state index in [1.165, 1.54) is 0 Å². The third kappa shape index (κ3) is 4.21. The Balaban J connectivity index is 2.86. The Morgan fingerprint density at radius 1 is 1.24 bits per heavy atom. The van der Waals surface area contributed by atoms with E-state index in [4.69, 9.17) is 4.74 Å². The van der Waals surface area contributed by atoms with Gasteiger partial charge in [0.15, 0.2) is 0 Å². The Bertz CT molecular complexity index is 353. The number of nitrogens with zero attached hydrogens (tertiary/aromatic N) is 2. The van der Waals surface area contributed by atoms with E-state index in [1.807, 2.05) is 19.9 Å². The number of anilines is 1. The predicted molar refractivity (Wildman–Crippen MR) is 70.5 cm³/mol. The lowest BCUT2D eigenvalue weighted by Crippen LogP contribution is -2.20. The van der Waals surface area contributed by atoms with E-state index in [1.54, 1.807) is 0 Å². The van der Waals surface area contributed by atoms with Crippen molar-refractivity contribution in [3.05, 3.63) is 11.9 Å². The van der Waals surface area contributed by atoms with Crippen molar-refractivity contribution in [3.63, 3.8) is 0 Å². The molecule has 1 rings (SSSR count). The van der Waals surface area contributed by atoms with Crippen LogP contribution in [0.15, 0.2) is 6.07 Å². The van der Waals surface area contributed by atoms with Gasteiger partial charge >= 0.3 is 0 Å². The quantitative estimate of drug-likeness (QED) is 0.826. The summed E-state index contributed by atoms with van der Waals surface area (Å²) in [4.78, 5) is 8.77. The molecule has 0 saturated heterocycles. The van der Waals surface area contributed by atoms with E-state index in [0.29, 0.717) is 11.8 Å². The van der Waals surface area contributed by atoms with E-state index in [2.05, 4.69) is 36.1 Å². The Hall–Kier alpha value is -1.32. The molecule has 0 bridgehead atoms. The van der Waals surface area contributed by atoms with Crippen LogP contribution in [0.2, 0.25) is 0 Å². The number of hydrogen-bond acceptors (Lipinski definition) is 4. The summed E-state index contributed by atoms with van der Waals surface area (Å²) in [5, 5.41) is 3.19. The van der Waals surface area contributed by atoms with Gasteiger partial charge in [0, 0.05) is 19.0 Å². The third-order valence-corrected chi connectivity index (χ3v) is 2.67. The Morgan fingerprint density at radius 3 is 2.47 bits per heavy atom. The summed E-state index contributed by atoms with van der Waals surface area (Å²) >= 11 is 0. The van der Waals surface area contributed by atoms with Crippen molar-refractivity contribution in [2.75, 3.05) is 11.9 Å². The standard InChI is InChI=1S/C13H23N3O/c1-6-11-15-12(14-7-2)8-13(16-11)17-10(5)9(3)4/h8-10H,6-7H2,1-5H3,(H,14,15,16). The fourth-order valence-electron chi connectivity index (χ4n) is 1.29. The van der Waals surface area contributed by atoms with E-state index in [0.717, 1.165) is 24.6 Å². The first-order chi connectivity index (χ1) is 8.06. The Kier molecular flexibility index (Phi) is 5.19. The lowest BCUT2D eigenvalue weighted by molar-refractivity contribution is 0.163. The van der Waals surface area contributed by atoms with Gasteiger partial charge < -0.3 is 10.1 Å². The minimum Gasteiger partial charge on any atom is -0.474 e. The van der Waals surface area contributed by atoms with Crippen molar-refractivity contribution in [3.8, 4) is 5.88 Å². The predicted octanol–water partition coefficient (Wildman–Crippen LogP) is 2.89. The molecule has 0 aliphatic carbocycles. The SMILES string of the molecule is CCNc1cc(OC(C)C(C)C)nc(CC)n1. The van der Waals surface area contributed by atoms with Crippen LogP contribution >= 0.6 is 0 Å². The normalized spacial score (nSPS) is 12.6. The van der Waals surface area contributed by atoms with Crippen LogP contribution in [-0.4, -0.2) is 22.6 Å². The maximum absolute atomic E-state index is 5.81. The molecule has 1 N–H and O–H groups in total. The zero-order chi connectivity index (χ0) is 12.8. The van der Waals surface area contributed by atoms with E-state index < -0.39 is 0 Å². The number of aromatic nitrogens is 2. The third-order valence-electron chi connectivity index (χ3n) is 2.67. The molecule has 0 aliphatic rings. The van der Waals surface area contributed by atoms with Crippen LogP contribution < -0.4 is 10.1 Å². The lowest BCUT2D eigenvalue weighted by Gasteiger charge is -2.18. The highest BCUT2D eigenvalue weighted by atomic mass is 16.5. The average molecular weight is 237 g/mol. The minimum atomic E-state index is 0.157. The first-order valence-corrected chi connectivity index (χ1v) is 6.35. The van der Waals surface area contributed by atoms with Gasteiger partial charge in [-0.05, 0) is 19.8 Å². The zero-order valence-electron chi connectivity index (χ0n) is 11.4. The van der Waals surface area contributed by atoms with Crippen molar-refractivity contribution in [2.24, 2.45) is 5.92 Å². The van der Waals surface area contributed by atoms with Gasteiger partial charge in [0.1, 0.15) is 11.6 Å². The maximum Gasteiger partial charge on any atom is 0.218 e. The summed E-state index contributed by atoms with van der Waals surface area (Å²) in [7, 11) is 0. The van der Waals surface area contributed by atoms with Gasteiger partial charge in [-0.2, -0.15) is 4.98 Å². The Labute approximate surface area is 104 Å². The molecule has 1 atom stereocenters. The summed E-state index contributed by atoms with van der Waals surface area (Å²) < 4.78 is 5.81. The van der Waals surface area contributed by atoms with Gasteiger partial charge in [-0.1, -0.05) is 20.8 Å². The fraction of sp³-hybridized carbons (Fsp3) is 0.692. The molecule has 0 aliphatic heterocycles. The molecular formula is C13H23N3O. The molecule has 17 heavy (non-hydrogen) atoms. The maximum atomic E-state index is 5.81. The van der Waals surface area contributed by atoms with Crippen LogP contribution in [0.4, 0.5) is 5.82 Å². The van der Waals surface area contributed by atoms with Crippen LogP contribution in [0.5, 0.6) is 5.88 Å². The van der Waals surface area contributed by atoms with E-state index in [-0.39, 0.29) is 6.10 Å². The topological polar surface area (TPSA) is 47.0 Å². The molecule has 0 radical (unpaired) electrons. The van der Waals surface area contributed by atoms with Crippen LogP contribution in [-0.2, 0) is 6.42 Å². The molecule has 0 fully saturated rings. The molecule has 96 valence electrons. The number of aryl methyl sites for hydroxylation is 1. The number of nitrogens with one attached hydrogen (secondary N) is 1. The van der Waals surface area contributed by atoms with Crippen molar-refractivity contribution >= 4 is 5.82 Å². The van der Waals surface area contributed by atoms with Gasteiger partial charge in [0.25, 0.3) is 0 Å². The molecule has 4 heteroatoms. The highest BCUT2D eigenvalue weighted by molar-refractivity contribution is 5.38. The zero-order valence-corrected chi connectivity index (χ0v) is 11.4. The van der Waals surface area contributed by atoms with Crippen molar-refractivity contribution in [1.29, 1.82) is 0 Å². The van der Waals surface area contributed by atoms with Crippen molar-refractivity contribution in [1.82, 2.24) is 9.97 Å². The summed E-state index contributed by atoms with van der Waals surface area (Å²) in [6.07, 6.45) is 0.968. The number of hydrogen-bond donors (Lipinski definition) is 1. The summed E-state index contributed by atoms with van der Waals surface area (Å²) in [6.45, 7) is 11.3. The number of ether oxygens (including phenoxy) is 1. The van der Waals surface area contributed by atoms with Gasteiger partial charge in [-0.25, -0.2) is 4.98 Å². The Morgan fingerprint density at radius 2 is 1.94 bits per heavy atom. The summed E-state index contributed by atoms with van der Waals surface area (Å²) in [6, 6.07) is 1.86. The second kappa shape index (κ2) is 6.42. The van der Waals surface area contributed by atoms with Crippen LogP contribution in [0.3, 0.4) is 0 Å². The van der Waals surface area contributed by atoms with E-state index >= 15 is 0 Å². The molecule has 1 aromatic heterocycles. The highest BCUT2D eigenvalue weighted by Gasteiger charge is 2.11. The van der Waals surface area contributed by atoms with Crippen LogP contribution in [0.1, 0.15) is 40.4 Å². The van der Waals surface area contributed by atoms with E-state index in [9.17, 15) is 0 Å². The van der Waals surface area contributed by atoms with Crippen LogP contribution in [0, 0.1) is 5.92 Å². The molecule has 1 heterocycles. The first kappa shape index (κ1) is 13.7. The monoisotopic (exact) mass is 237 g/mol. The fourth-order valence-corrected chi connectivity index (χ4v) is 1.29. The van der Waals surface area contributed by atoms with Crippen LogP contribution in [0.25, 0.3) is 0 Å². The second-order valence-corrected chi connectivity index (χ2v) is 4.46. The minimum absolute atomic E-state index is 0.157. The molecular weight excluding hydrogens is 214 g/mol. The summed E-state index contributed by atoms with van der Waals surface area (Å²) in [5.74, 6) is 2.78. The highest BCUT2D eigenvalue weighted by Crippen LogP contribution is 2.17. The molecule has 4 nitrogen and oxygen atoms in total. The largest absolute Gasteiger partial charge is 0.474 e. The van der Waals surface area contributed by atoms with Gasteiger partial charge in [-0.3, -0.25) is 0 Å². The smallest absolute Gasteiger partial charge is 0.218 e. The lowest BCUT2D eigenvalue weighted by atomic mass is 10.1. The molecule has 1 aromatic rings. The van der Waals surface area contributed by atoms with Gasteiger partial charge in [0.2, 0.25) is 5.88 Å². The molecule has 0 spiro atoms. The van der Waals surface area contributed by atoms with Gasteiger partial charge in [0.05, 0.1) is 6.10 Å². The molecule has 0 aromatic carbocycles. The van der Waals surface area contributed by atoms with Crippen molar-refractivity contribution < 1.29 is 4.74 Å².